The molecule has 1 fully saturated rings. The van der Waals surface area contributed by atoms with Gasteiger partial charge in [-0.05, 0) is 32.1 Å². The topological polar surface area (TPSA) is 66.6 Å². The molecule has 0 aliphatic heterocycles. The van der Waals surface area contributed by atoms with E-state index in [9.17, 15) is 4.79 Å². The number of aliphatic hydroxyl groups is 1. The molecule has 1 rings (SSSR count). The average Bonchev–Trinajstić information content (AvgIpc) is 3.07. The zero-order chi connectivity index (χ0) is 12.2. The summed E-state index contributed by atoms with van der Waals surface area (Å²) in [6.45, 7) is 5.03. The van der Waals surface area contributed by atoms with Crippen LogP contribution in [-0.4, -0.2) is 41.1 Å². The molecule has 1 amide bonds. The van der Waals surface area contributed by atoms with Gasteiger partial charge in [0.25, 0.3) is 0 Å². The second-order valence-corrected chi connectivity index (χ2v) is 4.93. The van der Waals surface area contributed by atoms with Crippen molar-refractivity contribution in [2.45, 2.75) is 45.1 Å². The fraction of sp³-hybridized carbons (Fsp3) is 0.917. The highest BCUT2D eigenvalue weighted by Gasteiger charge is 2.45. The Hall–Kier alpha value is -0.610. The SMILES string of the molecule is CCCCN(CCO)C(=O)C(C)(N)C1CC1. The lowest BCUT2D eigenvalue weighted by molar-refractivity contribution is -0.137. The van der Waals surface area contributed by atoms with E-state index in [4.69, 9.17) is 10.8 Å². The molecular formula is C12H24N2O2. The molecule has 94 valence electrons. The third-order valence-electron chi connectivity index (χ3n) is 3.32. The van der Waals surface area contributed by atoms with Crippen molar-refractivity contribution in [3.05, 3.63) is 0 Å². The van der Waals surface area contributed by atoms with Gasteiger partial charge in [-0.1, -0.05) is 13.3 Å². The van der Waals surface area contributed by atoms with Crippen LogP contribution < -0.4 is 5.73 Å². The zero-order valence-corrected chi connectivity index (χ0v) is 10.4. The number of carbonyl (C=O) groups is 1. The Morgan fingerprint density at radius 1 is 1.50 bits per heavy atom. The Kier molecular flexibility index (Phi) is 4.74. The molecule has 0 aromatic heterocycles. The van der Waals surface area contributed by atoms with Crippen molar-refractivity contribution in [1.82, 2.24) is 4.90 Å². The molecular weight excluding hydrogens is 204 g/mol. The minimum absolute atomic E-state index is 0.00231. The predicted molar refractivity (Wildman–Crippen MR) is 63.9 cm³/mol. The van der Waals surface area contributed by atoms with Crippen molar-refractivity contribution in [2.75, 3.05) is 19.7 Å². The summed E-state index contributed by atoms with van der Waals surface area (Å²) in [6.07, 6.45) is 4.12. The number of hydrogen-bond acceptors (Lipinski definition) is 3. The largest absolute Gasteiger partial charge is 0.395 e. The molecule has 0 aromatic carbocycles. The van der Waals surface area contributed by atoms with Gasteiger partial charge in [-0.25, -0.2) is 0 Å². The summed E-state index contributed by atoms with van der Waals surface area (Å²) in [7, 11) is 0. The summed E-state index contributed by atoms with van der Waals surface area (Å²) >= 11 is 0. The van der Waals surface area contributed by atoms with Crippen molar-refractivity contribution >= 4 is 5.91 Å². The normalized spacial score (nSPS) is 19.2. The van der Waals surface area contributed by atoms with Crippen molar-refractivity contribution in [2.24, 2.45) is 11.7 Å². The van der Waals surface area contributed by atoms with E-state index >= 15 is 0 Å². The van der Waals surface area contributed by atoms with Crippen LogP contribution in [-0.2, 0) is 4.79 Å². The molecule has 0 radical (unpaired) electrons. The molecule has 0 heterocycles. The maximum absolute atomic E-state index is 12.2. The fourth-order valence-electron chi connectivity index (χ4n) is 1.98. The molecule has 4 heteroatoms. The molecule has 1 aliphatic rings. The van der Waals surface area contributed by atoms with Gasteiger partial charge in [0.1, 0.15) is 0 Å². The Labute approximate surface area is 97.8 Å². The van der Waals surface area contributed by atoms with E-state index < -0.39 is 5.54 Å². The first-order chi connectivity index (χ1) is 7.54. The number of aliphatic hydroxyl groups excluding tert-OH is 1. The van der Waals surface area contributed by atoms with Gasteiger partial charge >= 0.3 is 0 Å². The number of hydrogen-bond donors (Lipinski definition) is 2. The zero-order valence-electron chi connectivity index (χ0n) is 10.4. The third-order valence-corrected chi connectivity index (χ3v) is 3.32. The molecule has 16 heavy (non-hydrogen) atoms. The maximum atomic E-state index is 12.2. The Morgan fingerprint density at radius 2 is 2.12 bits per heavy atom. The minimum atomic E-state index is -0.733. The van der Waals surface area contributed by atoms with Gasteiger partial charge in [0.15, 0.2) is 0 Å². The minimum Gasteiger partial charge on any atom is -0.395 e. The molecule has 0 bridgehead atoms. The lowest BCUT2D eigenvalue weighted by Crippen LogP contribution is -2.55. The smallest absolute Gasteiger partial charge is 0.242 e. The van der Waals surface area contributed by atoms with Gasteiger partial charge in [-0.15, -0.1) is 0 Å². The number of carbonyl (C=O) groups excluding carboxylic acids is 1. The van der Waals surface area contributed by atoms with Crippen molar-refractivity contribution < 1.29 is 9.90 Å². The van der Waals surface area contributed by atoms with Crippen molar-refractivity contribution in [1.29, 1.82) is 0 Å². The molecule has 1 unspecified atom stereocenters. The first-order valence-electron chi connectivity index (χ1n) is 6.23. The number of amides is 1. The maximum Gasteiger partial charge on any atom is 0.242 e. The monoisotopic (exact) mass is 228 g/mol. The summed E-state index contributed by atoms with van der Waals surface area (Å²) in [5.41, 5.74) is 5.36. The van der Waals surface area contributed by atoms with Crippen molar-refractivity contribution in [3.63, 3.8) is 0 Å². The van der Waals surface area contributed by atoms with E-state index in [1.807, 2.05) is 6.92 Å². The first kappa shape index (κ1) is 13.5. The Balaban J connectivity index is 2.57. The van der Waals surface area contributed by atoms with Gasteiger partial charge in [0, 0.05) is 13.1 Å². The quantitative estimate of drug-likeness (QED) is 0.675. The van der Waals surface area contributed by atoms with E-state index in [2.05, 4.69) is 6.92 Å². The van der Waals surface area contributed by atoms with Gasteiger partial charge in [0.05, 0.1) is 12.1 Å². The van der Waals surface area contributed by atoms with Crippen LogP contribution in [0.25, 0.3) is 0 Å². The average molecular weight is 228 g/mol. The Morgan fingerprint density at radius 3 is 2.56 bits per heavy atom. The highest BCUT2D eigenvalue weighted by molar-refractivity contribution is 5.86. The molecule has 1 atom stereocenters. The summed E-state index contributed by atoms with van der Waals surface area (Å²) in [5.74, 6) is 0.334. The number of nitrogens with two attached hydrogens (primary N) is 1. The summed E-state index contributed by atoms with van der Waals surface area (Å²) in [6, 6.07) is 0. The van der Waals surface area contributed by atoms with Crippen LogP contribution in [0.3, 0.4) is 0 Å². The van der Waals surface area contributed by atoms with Crippen molar-refractivity contribution in [3.8, 4) is 0 Å². The summed E-state index contributed by atoms with van der Waals surface area (Å²) in [4.78, 5) is 13.9. The van der Waals surface area contributed by atoms with Crippen LogP contribution in [0.2, 0.25) is 0 Å². The highest BCUT2D eigenvalue weighted by Crippen LogP contribution is 2.38. The molecule has 3 N–H and O–H groups in total. The predicted octanol–water partition coefficient (Wildman–Crippen LogP) is 0.735. The van der Waals surface area contributed by atoms with E-state index in [0.717, 1.165) is 25.7 Å². The molecule has 1 aliphatic carbocycles. The number of nitrogens with zero attached hydrogens (tertiary/aromatic N) is 1. The first-order valence-corrected chi connectivity index (χ1v) is 6.23. The molecule has 0 spiro atoms. The van der Waals surface area contributed by atoms with Gasteiger partial charge in [-0.3, -0.25) is 4.79 Å². The lowest BCUT2D eigenvalue weighted by atomic mass is 9.95. The Bertz CT molecular complexity index is 237. The summed E-state index contributed by atoms with van der Waals surface area (Å²) < 4.78 is 0. The van der Waals surface area contributed by atoms with Crippen LogP contribution in [0.5, 0.6) is 0 Å². The molecule has 4 nitrogen and oxygen atoms in total. The standard InChI is InChI=1S/C12H24N2O2/c1-3-4-7-14(8-9-15)11(16)12(2,13)10-5-6-10/h10,15H,3-9,13H2,1-2H3. The third kappa shape index (κ3) is 3.19. The summed E-state index contributed by atoms with van der Waals surface area (Å²) in [5, 5.41) is 8.97. The van der Waals surface area contributed by atoms with E-state index in [-0.39, 0.29) is 12.5 Å². The number of unbranched alkanes of at least 4 members (excludes halogenated alkanes) is 1. The molecule has 0 saturated heterocycles. The van der Waals surface area contributed by atoms with E-state index in [1.165, 1.54) is 0 Å². The van der Waals surface area contributed by atoms with Crippen LogP contribution in [0, 0.1) is 5.92 Å². The van der Waals surface area contributed by atoms with E-state index in [1.54, 1.807) is 4.90 Å². The van der Waals surface area contributed by atoms with Gasteiger partial charge < -0.3 is 15.7 Å². The van der Waals surface area contributed by atoms with Gasteiger partial charge in [0.2, 0.25) is 5.91 Å². The van der Waals surface area contributed by atoms with E-state index in [0.29, 0.717) is 19.0 Å². The molecule has 0 aromatic rings. The van der Waals surface area contributed by atoms with Crippen LogP contribution in [0.1, 0.15) is 39.5 Å². The second-order valence-electron chi connectivity index (χ2n) is 4.93. The highest BCUT2D eigenvalue weighted by atomic mass is 16.3. The van der Waals surface area contributed by atoms with Crippen LogP contribution in [0.15, 0.2) is 0 Å². The lowest BCUT2D eigenvalue weighted by Gasteiger charge is -2.31. The van der Waals surface area contributed by atoms with Crippen LogP contribution in [0.4, 0.5) is 0 Å². The van der Waals surface area contributed by atoms with Crippen LogP contribution >= 0.6 is 0 Å². The number of rotatable bonds is 7. The molecule has 1 saturated carbocycles. The second kappa shape index (κ2) is 5.64. The fourth-order valence-corrected chi connectivity index (χ4v) is 1.98. The van der Waals surface area contributed by atoms with Gasteiger partial charge in [-0.2, -0.15) is 0 Å².